The molecule has 1 aromatic heterocycles. The van der Waals surface area contributed by atoms with Gasteiger partial charge in [0.1, 0.15) is 5.82 Å². The van der Waals surface area contributed by atoms with Gasteiger partial charge in [-0.3, -0.25) is 4.79 Å². The summed E-state index contributed by atoms with van der Waals surface area (Å²) in [6, 6.07) is 6.55. The highest BCUT2D eigenvalue weighted by molar-refractivity contribution is 5.76. The van der Waals surface area contributed by atoms with Crippen LogP contribution in [-0.4, -0.2) is 54.6 Å². The molecule has 2 fully saturated rings. The zero-order valence-electron chi connectivity index (χ0n) is 17.3. The standard InChI is InChI=1S/C22H36N4O/c1-22(2,3)18-8-4-5-9-19(18)23-13-11-21(27)26-16-14-25(15-17-26)20-10-6-7-12-24-20/h6-7,10,12,18-19,23H,4-5,8-9,11,13-17H2,1-3H3. The van der Waals surface area contributed by atoms with Crippen LogP contribution in [0.4, 0.5) is 5.82 Å². The molecule has 0 bridgehead atoms. The first kappa shape index (κ1) is 20.1. The number of rotatable bonds is 5. The van der Waals surface area contributed by atoms with Gasteiger partial charge in [0, 0.05) is 51.4 Å². The highest BCUT2D eigenvalue weighted by Crippen LogP contribution is 2.37. The molecular formula is C22H36N4O. The number of amides is 1. The van der Waals surface area contributed by atoms with E-state index in [1.54, 1.807) is 0 Å². The summed E-state index contributed by atoms with van der Waals surface area (Å²) in [5.74, 6) is 2.01. The molecule has 2 heterocycles. The second-order valence-electron chi connectivity index (χ2n) is 9.12. The average molecular weight is 373 g/mol. The minimum absolute atomic E-state index is 0.284. The van der Waals surface area contributed by atoms with Crippen molar-refractivity contribution in [2.24, 2.45) is 11.3 Å². The van der Waals surface area contributed by atoms with E-state index in [0.717, 1.165) is 38.5 Å². The van der Waals surface area contributed by atoms with Crippen LogP contribution in [-0.2, 0) is 4.79 Å². The van der Waals surface area contributed by atoms with Crippen LogP contribution < -0.4 is 10.2 Å². The molecule has 0 radical (unpaired) electrons. The lowest BCUT2D eigenvalue weighted by Crippen LogP contribution is -2.50. The summed E-state index contributed by atoms with van der Waals surface area (Å²) >= 11 is 0. The Hall–Kier alpha value is -1.62. The molecular weight excluding hydrogens is 336 g/mol. The van der Waals surface area contributed by atoms with Gasteiger partial charge < -0.3 is 15.1 Å². The number of nitrogens with zero attached hydrogens (tertiary/aromatic N) is 3. The van der Waals surface area contributed by atoms with Crippen molar-refractivity contribution >= 4 is 11.7 Å². The van der Waals surface area contributed by atoms with E-state index in [-0.39, 0.29) is 5.91 Å². The Morgan fingerprint density at radius 2 is 1.89 bits per heavy atom. The summed E-state index contributed by atoms with van der Waals surface area (Å²) in [7, 11) is 0. The lowest BCUT2D eigenvalue weighted by molar-refractivity contribution is -0.131. The van der Waals surface area contributed by atoms with Crippen LogP contribution in [0.15, 0.2) is 24.4 Å². The van der Waals surface area contributed by atoms with Crippen molar-refractivity contribution in [1.82, 2.24) is 15.2 Å². The quantitative estimate of drug-likeness (QED) is 0.861. The number of piperazine rings is 1. The largest absolute Gasteiger partial charge is 0.353 e. The van der Waals surface area contributed by atoms with E-state index in [9.17, 15) is 4.79 Å². The Bertz CT molecular complexity index is 590. The number of hydrogen-bond donors (Lipinski definition) is 1. The monoisotopic (exact) mass is 372 g/mol. The van der Waals surface area contributed by atoms with Crippen molar-refractivity contribution < 1.29 is 4.79 Å². The normalized spacial score (nSPS) is 24.1. The Morgan fingerprint density at radius 1 is 1.15 bits per heavy atom. The van der Waals surface area contributed by atoms with Crippen molar-refractivity contribution in [1.29, 1.82) is 0 Å². The molecule has 1 N–H and O–H groups in total. The molecule has 5 heteroatoms. The molecule has 0 aromatic carbocycles. The SMILES string of the molecule is CC(C)(C)C1CCCCC1NCCC(=O)N1CCN(c2ccccn2)CC1. The summed E-state index contributed by atoms with van der Waals surface area (Å²) in [5.41, 5.74) is 0.337. The number of carbonyl (C=O) groups is 1. The molecule has 1 saturated carbocycles. The van der Waals surface area contributed by atoms with E-state index < -0.39 is 0 Å². The van der Waals surface area contributed by atoms with Crippen LogP contribution in [0.1, 0.15) is 52.9 Å². The zero-order chi connectivity index (χ0) is 19.3. The van der Waals surface area contributed by atoms with Gasteiger partial charge in [-0.1, -0.05) is 39.7 Å². The van der Waals surface area contributed by atoms with Crippen LogP contribution >= 0.6 is 0 Å². The highest BCUT2D eigenvalue weighted by Gasteiger charge is 2.33. The fraction of sp³-hybridized carbons (Fsp3) is 0.727. The van der Waals surface area contributed by atoms with Crippen molar-refractivity contribution in [3.63, 3.8) is 0 Å². The zero-order valence-corrected chi connectivity index (χ0v) is 17.3. The van der Waals surface area contributed by atoms with Crippen LogP contribution in [0.2, 0.25) is 0 Å². The molecule has 2 atom stereocenters. The summed E-state index contributed by atoms with van der Waals surface area (Å²) < 4.78 is 0. The van der Waals surface area contributed by atoms with Crippen LogP contribution in [0.5, 0.6) is 0 Å². The van der Waals surface area contributed by atoms with Gasteiger partial charge >= 0.3 is 0 Å². The minimum atomic E-state index is 0.284. The number of carbonyl (C=O) groups excluding carboxylic acids is 1. The summed E-state index contributed by atoms with van der Waals surface area (Å²) in [6.45, 7) is 11.2. The molecule has 2 unspecified atom stereocenters. The van der Waals surface area contributed by atoms with Gasteiger partial charge in [-0.05, 0) is 36.3 Å². The van der Waals surface area contributed by atoms with Gasteiger partial charge in [0.25, 0.3) is 0 Å². The van der Waals surface area contributed by atoms with Crippen LogP contribution in [0.3, 0.4) is 0 Å². The van der Waals surface area contributed by atoms with Crippen LogP contribution in [0, 0.1) is 11.3 Å². The van der Waals surface area contributed by atoms with E-state index >= 15 is 0 Å². The number of pyridine rings is 1. The first-order chi connectivity index (χ1) is 12.9. The van der Waals surface area contributed by atoms with E-state index in [0.29, 0.717) is 23.8 Å². The molecule has 1 amide bonds. The van der Waals surface area contributed by atoms with E-state index in [2.05, 4.69) is 36.0 Å². The summed E-state index contributed by atoms with van der Waals surface area (Å²) in [6.07, 6.45) is 7.66. The molecule has 27 heavy (non-hydrogen) atoms. The lowest BCUT2D eigenvalue weighted by Gasteiger charge is -2.41. The third kappa shape index (κ3) is 5.44. The molecule has 2 aliphatic rings. The van der Waals surface area contributed by atoms with Gasteiger partial charge in [0.15, 0.2) is 0 Å². The topological polar surface area (TPSA) is 48.5 Å². The smallest absolute Gasteiger partial charge is 0.223 e. The predicted octanol–water partition coefficient (Wildman–Crippen LogP) is 3.31. The van der Waals surface area contributed by atoms with Gasteiger partial charge in [-0.2, -0.15) is 0 Å². The maximum Gasteiger partial charge on any atom is 0.223 e. The van der Waals surface area contributed by atoms with Crippen molar-refractivity contribution in [3.8, 4) is 0 Å². The fourth-order valence-electron chi connectivity index (χ4n) is 4.66. The number of anilines is 1. The first-order valence-corrected chi connectivity index (χ1v) is 10.6. The molecule has 1 aliphatic heterocycles. The molecule has 5 nitrogen and oxygen atoms in total. The fourth-order valence-corrected chi connectivity index (χ4v) is 4.66. The second kappa shape index (κ2) is 9.05. The molecule has 150 valence electrons. The summed E-state index contributed by atoms with van der Waals surface area (Å²) in [5, 5.41) is 3.71. The van der Waals surface area contributed by atoms with Crippen molar-refractivity contribution in [3.05, 3.63) is 24.4 Å². The molecule has 1 saturated heterocycles. The lowest BCUT2D eigenvalue weighted by atomic mass is 9.69. The highest BCUT2D eigenvalue weighted by atomic mass is 16.2. The van der Waals surface area contributed by atoms with Gasteiger partial charge in [0.05, 0.1) is 0 Å². The average Bonchev–Trinajstić information content (AvgIpc) is 2.68. The number of aromatic nitrogens is 1. The maximum absolute atomic E-state index is 12.6. The van der Waals surface area contributed by atoms with Crippen LogP contribution in [0.25, 0.3) is 0 Å². The molecule has 1 aliphatic carbocycles. The Labute approximate surface area is 164 Å². The third-order valence-corrected chi connectivity index (χ3v) is 6.23. The minimum Gasteiger partial charge on any atom is -0.353 e. The molecule has 3 rings (SSSR count). The van der Waals surface area contributed by atoms with Gasteiger partial charge in [-0.25, -0.2) is 4.98 Å². The number of hydrogen-bond acceptors (Lipinski definition) is 4. The molecule has 0 spiro atoms. The van der Waals surface area contributed by atoms with Gasteiger partial charge in [-0.15, -0.1) is 0 Å². The van der Waals surface area contributed by atoms with Crippen molar-refractivity contribution in [2.75, 3.05) is 37.6 Å². The summed E-state index contributed by atoms with van der Waals surface area (Å²) in [4.78, 5) is 21.3. The second-order valence-corrected chi connectivity index (χ2v) is 9.12. The van der Waals surface area contributed by atoms with E-state index in [1.807, 2.05) is 29.3 Å². The predicted molar refractivity (Wildman–Crippen MR) is 111 cm³/mol. The Balaban J connectivity index is 1.41. The Kier molecular flexibility index (Phi) is 6.74. The van der Waals surface area contributed by atoms with Crippen molar-refractivity contribution in [2.45, 2.75) is 58.9 Å². The first-order valence-electron chi connectivity index (χ1n) is 10.6. The number of nitrogens with one attached hydrogen (secondary N) is 1. The molecule has 1 aromatic rings. The Morgan fingerprint density at radius 3 is 2.56 bits per heavy atom. The van der Waals surface area contributed by atoms with E-state index in [1.165, 1.54) is 25.7 Å². The van der Waals surface area contributed by atoms with E-state index in [4.69, 9.17) is 0 Å². The van der Waals surface area contributed by atoms with Gasteiger partial charge in [0.2, 0.25) is 5.91 Å². The third-order valence-electron chi connectivity index (χ3n) is 6.23. The maximum atomic E-state index is 12.6.